The summed E-state index contributed by atoms with van der Waals surface area (Å²) < 4.78 is 37.1. The number of aliphatic hydroxyl groups is 2. The van der Waals surface area contributed by atoms with Gasteiger partial charge >= 0.3 is 5.97 Å². The van der Waals surface area contributed by atoms with Crippen LogP contribution in [0.3, 0.4) is 0 Å². The van der Waals surface area contributed by atoms with Gasteiger partial charge in [-0.05, 0) is 123 Å². The predicted molar refractivity (Wildman–Crippen MR) is 205 cm³/mol. The SMILES string of the molecule is COc1ccc(CN2CCOC(OC3CCC45CC46CCC4(C)C7C(C)CC(C(OC(C)=O)C(C)(C)O)OC7C(O)C47CC67CCC5C3(C)C)C2)c(OC)c1. The molecule has 8 aliphatic rings. The van der Waals surface area contributed by atoms with E-state index in [1.807, 2.05) is 12.1 Å². The van der Waals surface area contributed by atoms with Crippen molar-refractivity contribution in [1.82, 2.24) is 4.90 Å². The number of rotatable bonds is 9. The van der Waals surface area contributed by atoms with Crippen LogP contribution in [0.5, 0.6) is 11.5 Å². The molecule has 6 saturated carbocycles. The monoisotopic (exact) mass is 765 g/mol. The quantitative estimate of drug-likeness (QED) is 0.270. The summed E-state index contributed by atoms with van der Waals surface area (Å²) in [7, 11) is 3.39. The lowest BCUT2D eigenvalue weighted by Gasteiger charge is -2.60. The number of benzene rings is 1. The molecule has 2 saturated heterocycles. The number of esters is 1. The summed E-state index contributed by atoms with van der Waals surface area (Å²) in [6, 6.07) is 6.03. The zero-order valence-corrected chi connectivity index (χ0v) is 34.8. The van der Waals surface area contributed by atoms with Gasteiger partial charge in [0.1, 0.15) is 11.5 Å². The van der Waals surface area contributed by atoms with E-state index in [4.69, 9.17) is 28.4 Å². The first-order valence-electron chi connectivity index (χ1n) is 21.4. The van der Waals surface area contributed by atoms with E-state index < -0.39 is 29.9 Å². The highest BCUT2D eigenvalue weighted by molar-refractivity contribution is 5.66. The van der Waals surface area contributed by atoms with Crippen LogP contribution in [0.25, 0.3) is 0 Å². The van der Waals surface area contributed by atoms with Crippen molar-refractivity contribution >= 4 is 5.97 Å². The maximum atomic E-state index is 12.7. The molecule has 306 valence electrons. The summed E-state index contributed by atoms with van der Waals surface area (Å²) in [6.45, 7) is 17.5. The first-order chi connectivity index (χ1) is 25.9. The van der Waals surface area contributed by atoms with Gasteiger partial charge in [-0.25, -0.2) is 0 Å². The smallest absolute Gasteiger partial charge is 0.303 e. The molecule has 2 aliphatic heterocycles. The van der Waals surface area contributed by atoms with E-state index in [1.54, 1.807) is 28.1 Å². The number of morpholine rings is 1. The molecular formula is C45H67NO9. The summed E-state index contributed by atoms with van der Waals surface area (Å²) in [5.41, 5.74) is 0.433. The van der Waals surface area contributed by atoms with E-state index in [2.05, 4.69) is 38.7 Å². The van der Waals surface area contributed by atoms with Gasteiger partial charge in [0.25, 0.3) is 0 Å². The zero-order chi connectivity index (χ0) is 39.1. The maximum Gasteiger partial charge on any atom is 0.303 e. The molecule has 10 nitrogen and oxygen atoms in total. The molecule has 0 radical (unpaired) electrons. The lowest BCUT2D eigenvalue weighted by Crippen LogP contribution is -2.57. The van der Waals surface area contributed by atoms with Crippen molar-refractivity contribution in [2.75, 3.05) is 33.9 Å². The van der Waals surface area contributed by atoms with E-state index in [0.717, 1.165) is 62.4 Å². The van der Waals surface area contributed by atoms with Crippen LogP contribution in [0.15, 0.2) is 18.2 Å². The Balaban J connectivity index is 0.916. The highest BCUT2D eigenvalue weighted by Gasteiger charge is 2.97. The number of fused-ring (bicyclic) bond motifs is 2. The molecule has 14 unspecified atom stereocenters. The van der Waals surface area contributed by atoms with Crippen molar-refractivity contribution in [3.8, 4) is 11.5 Å². The van der Waals surface area contributed by atoms with Gasteiger partial charge in [-0.1, -0.05) is 33.8 Å². The Labute approximate surface area is 328 Å². The van der Waals surface area contributed by atoms with Crippen LogP contribution in [0, 0.1) is 50.2 Å². The number of ether oxygens (including phenoxy) is 6. The molecule has 1 aromatic carbocycles. The molecule has 55 heavy (non-hydrogen) atoms. The Hall–Kier alpha value is -1.95. The lowest BCUT2D eigenvalue weighted by molar-refractivity contribution is -0.246. The molecule has 4 spiro atoms. The molecule has 14 atom stereocenters. The normalized spacial score (nSPS) is 47.1. The molecule has 0 aromatic heterocycles. The van der Waals surface area contributed by atoms with Gasteiger partial charge in [0.05, 0.1) is 50.8 Å². The van der Waals surface area contributed by atoms with Gasteiger partial charge in [0.15, 0.2) is 12.4 Å². The molecule has 0 bridgehead atoms. The number of methoxy groups -OCH3 is 2. The Bertz CT molecular complexity index is 1690. The van der Waals surface area contributed by atoms with Gasteiger partial charge in [-0.15, -0.1) is 0 Å². The Morgan fingerprint density at radius 3 is 2.55 bits per heavy atom. The third-order valence-electron chi connectivity index (χ3n) is 18.0. The van der Waals surface area contributed by atoms with E-state index in [1.165, 1.54) is 32.6 Å². The van der Waals surface area contributed by atoms with Crippen molar-refractivity contribution in [3.63, 3.8) is 0 Å². The lowest BCUT2D eigenvalue weighted by atomic mass is 9.45. The number of nitrogens with zero attached hydrogens (tertiary/aromatic N) is 1. The van der Waals surface area contributed by atoms with Crippen LogP contribution >= 0.6 is 0 Å². The highest BCUT2D eigenvalue weighted by atomic mass is 16.7. The van der Waals surface area contributed by atoms with Gasteiger partial charge in [0, 0.05) is 43.6 Å². The van der Waals surface area contributed by atoms with E-state index in [0.29, 0.717) is 24.4 Å². The minimum absolute atomic E-state index is 0.00690. The molecule has 2 N–H and O–H groups in total. The van der Waals surface area contributed by atoms with Gasteiger partial charge in [0.2, 0.25) is 0 Å². The molecule has 1 aromatic rings. The second-order valence-corrected chi connectivity index (χ2v) is 20.9. The summed E-state index contributed by atoms with van der Waals surface area (Å²) in [5, 5.41) is 23.8. The van der Waals surface area contributed by atoms with Crippen molar-refractivity contribution < 1.29 is 43.4 Å². The van der Waals surface area contributed by atoms with Crippen molar-refractivity contribution in [3.05, 3.63) is 23.8 Å². The minimum atomic E-state index is -1.26. The third-order valence-corrected chi connectivity index (χ3v) is 18.0. The van der Waals surface area contributed by atoms with E-state index in [-0.39, 0.29) is 57.4 Å². The van der Waals surface area contributed by atoms with Gasteiger partial charge in [-0.2, -0.15) is 0 Å². The zero-order valence-electron chi connectivity index (χ0n) is 34.8. The van der Waals surface area contributed by atoms with Crippen LogP contribution in [0.2, 0.25) is 0 Å². The van der Waals surface area contributed by atoms with Crippen LogP contribution in [0.1, 0.15) is 112 Å². The van der Waals surface area contributed by atoms with E-state index >= 15 is 0 Å². The van der Waals surface area contributed by atoms with Crippen LogP contribution in [-0.2, 0) is 30.3 Å². The van der Waals surface area contributed by atoms with E-state index in [9.17, 15) is 15.0 Å². The number of aliphatic hydroxyl groups excluding tert-OH is 1. The summed E-state index contributed by atoms with van der Waals surface area (Å²) in [5.74, 6) is 2.30. The molecule has 10 heteroatoms. The van der Waals surface area contributed by atoms with Crippen molar-refractivity contribution in [1.29, 1.82) is 0 Å². The fourth-order valence-electron chi connectivity index (χ4n) is 15.9. The third kappa shape index (κ3) is 5.09. The fraction of sp³-hybridized carbons (Fsp3) is 0.844. The van der Waals surface area contributed by atoms with Gasteiger partial charge in [-0.3, -0.25) is 9.69 Å². The number of hydrogen-bond donors (Lipinski definition) is 2. The van der Waals surface area contributed by atoms with Crippen molar-refractivity contribution in [2.45, 2.75) is 155 Å². The Morgan fingerprint density at radius 2 is 1.84 bits per heavy atom. The molecule has 6 aliphatic carbocycles. The van der Waals surface area contributed by atoms with Crippen LogP contribution in [0.4, 0.5) is 0 Å². The number of carbonyl (C=O) groups is 1. The summed E-state index contributed by atoms with van der Waals surface area (Å²) >= 11 is 0. The Kier molecular flexibility index (Phi) is 8.78. The predicted octanol–water partition coefficient (Wildman–Crippen LogP) is 6.52. The first-order valence-corrected chi connectivity index (χ1v) is 21.4. The number of carbonyl (C=O) groups excluding carboxylic acids is 1. The average molecular weight is 766 g/mol. The molecule has 0 amide bonds. The standard InChI is InChI=1S/C45H67NO9/c1-26-20-31(38(40(5,6)49)53-27(2)47)54-36-35(26)41(7)16-17-43-24-42(43)14-13-33(39(3,4)32(42)12-15-44(43)25-45(41,44)37(36)48)55-34-23-46(18-19-52-34)22-28-10-11-29(50-8)21-30(28)51-9/h10-11,21,26,31-38,48-49H,12-20,22-25H2,1-9H3. The largest absolute Gasteiger partial charge is 0.497 e. The summed E-state index contributed by atoms with van der Waals surface area (Å²) in [4.78, 5) is 14.6. The maximum absolute atomic E-state index is 12.7. The second-order valence-electron chi connectivity index (χ2n) is 20.9. The van der Waals surface area contributed by atoms with Crippen LogP contribution < -0.4 is 9.47 Å². The molecule has 8 fully saturated rings. The summed E-state index contributed by atoms with van der Waals surface area (Å²) in [6.07, 6.45) is 7.78. The molecule has 9 rings (SSSR count). The first kappa shape index (κ1) is 38.6. The average Bonchev–Trinajstić information content (AvgIpc) is 4.01. The molecule has 2 heterocycles. The number of hydrogen-bond acceptors (Lipinski definition) is 10. The fourth-order valence-corrected chi connectivity index (χ4v) is 15.9. The van der Waals surface area contributed by atoms with Crippen LogP contribution in [-0.4, -0.2) is 97.4 Å². The topological polar surface area (TPSA) is 116 Å². The molecular weight excluding hydrogens is 698 g/mol. The van der Waals surface area contributed by atoms with Gasteiger partial charge < -0.3 is 38.6 Å². The van der Waals surface area contributed by atoms with Crippen molar-refractivity contribution in [2.24, 2.45) is 50.2 Å². The minimum Gasteiger partial charge on any atom is -0.497 e. The highest BCUT2D eigenvalue weighted by Crippen LogP contribution is 3.01. The second kappa shape index (κ2) is 12.5. The Morgan fingerprint density at radius 1 is 1.05 bits per heavy atom.